The number of hydrogen-bond acceptors (Lipinski definition) is 7. The first-order valence-corrected chi connectivity index (χ1v) is 13.8. The number of nitrogens with zero attached hydrogens (tertiary/aromatic N) is 6. The van der Waals surface area contributed by atoms with Crippen molar-refractivity contribution in [1.29, 1.82) is 0 Å². The largest absolute Gasteiger partial charge is 0.453 e. The number of carbonyl (C=O) groups excluding carboxylic acids is 1. The Hall–Kier alpha value is -4.18. The van der Waals surface area contributed by atoms with Gasteiger partial charge >= 0.3 is 6.09 Å². The monoisotopic (exact) mass is 534 g/mol. The molecule has 1 unspecified atom stereocenters. The molecule has 202 valence electrons. The van der Waals surface area contributed by atoms with Crippen LogP contribution in [0.25, 0.3) is 22.2 Å². The van der Waals surface area contributed by atoms with Crippen LogP contribution in [-0.2, 0) is 4.74 Å². The molecule has 0 bridgehead atoms. The van der Waals surface area contributed by atoms with Gasteiger partial charge in [-0.05, 0) is 31.0 Å². The van der Waals surface area contributed by atoms with Crippen molar-refractivity contribution in [3.63, 3.8) is 0 Å². The molecule has 1 saturated carbocycles. The quantitative estimate of drug-likeness (QED) is 0.398. The zero-order valence-electron chi connectivity index (χ0n) is 22.5. The number of rotatable bonds is 4. The predicted octanol–water partition coefficient (Wildman–Crippen LogP) is 4.28. The van der Waals surface area contributed by atoms with Crippen molar-refractivity contribution in [3.05, 3.63) is 90.0 Å². The van der Waals surface area contributed by atoms with Crippen LogP contribution in [0.3, 0.4) is 0 Å². The van der Waals surface area contributed by atoms with Crippen molar-refractivity contribution in [1.82, 2.24) is 14.8 Å². The number of methoxy groups -OCH3 is 1. The van der Waals surface area contributed by atoms with E-state index in [1.807, 2.05) is 30.6 Å². The topological polar surface area (TPSA) is 96.4 Å². The highest BCUT2D eigenvalue weighted by molar-refractivity contribution is 6.02. The molecule has 2 fully saturated rings. The number of pyridine rings is 1. The molecular formula is C31H32N7O2+. The summed E-state index contributed by atoms with van der Waals surface area (Å²) in [6, 6.07) is 21.1. The second kappa shape index (κ2) is 9.78. The minimum atomic E-state index is -0.243. The first-order valence-electron chi connectivity index (χ1n) is 13.8. The summed E-state index contributed by atoms with van der Waals surface area (Å²) >= 11 is 0. The third kappa shape index (κ3) is 4.14. The van der Waals surface area contributed by atoms with Crippen LogP contribution in [0.15, 0.2) is 94.4 Å². The van der Waals surface area contributed by atoms with Gasteiger partial charge in [0.1, 0.15) is 11.9 Å². The van der Waals surface area contributed by atoms with Gasteiger partial charge in [0.25, 0.3) is 5.84 Å². The van der Waals surface area contributed by atoms with Crippen molar-refractivity contribution < 1.29 is 14.1 Å². The number of carbonyl (C=O) groups is 1. The standard InChI is InChI=1S/C31H32N7O2/c1-40-31(39)37-14-12-36(13-15-37)25-17-24(18-25)29-28-20-33-11-16-38(28,32)30(35-29)23-8-7-22-9-10-26(34-27(22)19-23)21-5-3-2-4-6-21/h2-11,16,19-20,24-25H,12-15,17-18,32H2,1H3/q+1. The molecule has 1 aromatic heterocycles. The van der Waals surface area contributed by atoms with Crippen LogP contribution in [0.2, 0.25) is 0 Å². The number of aromatic nitrogens is 1. The lowest BCUT2D eigenvalue weighted by Gasteiger charge is -2.46. The van der Waals surface area contributed by atoms with E-state index in [1.165, 1.54) is 7.11 Å². The molecule has 1 saturated heterocycles. The average molecular weight is 535 g/mol. The van der Waals surface area contributed by atoms with Gasteiger partial charge in [0.2, 0.25) is 5.70 Å². The third-order valence-electron chi connectivity index (χ3n) is 8.61. The van der Waals surface area contributed by atoms with E-state index in [9.17, 15) is 4.79 Å². The Balaban J connectivity index is 1.14. The second-order valence-corrected chi connectivity index (χ2v) is 10.8. The highest BCUT2D eigenvalue weighted by Gasteiger charge is 2.49. The van der Waals surface area contributed by atoms with Crippen molar-refractivity contribution in [2.75, 3.05) is 33.3 Å². The maximum absolute atomic E-state index is 11.8. The number of aliphatic imine (C=N–C) groups is 2. The van der Waals surface area contributed by atoms with Crippen LogP contribution in [-0.4, -0.2) is 76.8 Å². The fourth-order valence-corrected chi connectivity index (χ4v) is 6.24. The minimum absolute atomic E-state index is 0.0156. The fraction of sp³-hybridized carbons (Fsp3) is 0.290. The van der Waals surface area contributed by atoms with Gasteiger partial charge in [-0.2, -0.15) is 10.8 Å². The number of fused-ring (bicyclic) bond motifs is 2. The number of allylic oxidation sites excluding steroid dienone is 2. The van der Waals surface area contributed by atoms with E-state index in [0.29, 0.717) is 25.0 Å². The van der Waals surface area contributed by atoms with E-state index in [-0.39, 0.29) is 10.7 Å². The molecule has 4 heterocycles. The smallest absolute Gasteiger partial charge is 0.409 e. The molecule has 9 heteroatoms. The zero-order valence-corrected chi connectivity index (χ0v) is 22.5. The van der Waals surface area contributed by atoms with Gasteiger partial charge < -0.3 is 9.64 Å². The summed E-state index contributed by atoms with van der Waals surface area (Å²) in [5, 5.41) is 1.07. The maximum atomic E-state index is 11.8. The Bertz CT molecular complexity index is 1600. The van der Waals surface area contributed by atoms with E-state index in [2.05, 4.69) is 52.4 Å². The molecule has 4 aliphatic rings. The SMILES string of the molecule is COC(=O)N1CCN(C2CC(C3=C4C=NC=C[N+]4(N)C(c4ccc5ccc(-c6ccccc6)nc5c4)=N3)C2)CC1. The molecule has 0 spiro atoms. The van der Waals surface area contributed by atoms with Crippen molar-refractivity contribution >= 4 is 29.0 Å². The van der Waals surface area contributed by atoms with Crippen molar-refractivity contribution in [2.24, 2.45) is 21.7 Å². The summed E-state index contributed by atoms with van der Waals surface area (Å²) in [5.41, 5.74) is 5.85. The van der Waals surface area contributed by atoms with Crippen LogP contribution in [0, 0.1) is 5.92 Å². The first-order chi connectivity index (χ1) is 19.5. The maximum Gasteiger partial charge on any atom is 0.409 e. The lowest BCUT2D eigenvalue weighted by atomic mass is 9.76. The van der Waals surface area contributed by atoms with Crippen molar-refractivity contribution in [2.45, 2.75) is 18.9 Å². The summed E-state index contributed by atoms with van der Waals surface area (Å²) in [4.78, 5) is 30.7. The Morgan fingerprint density at radius 1 is 1.00 bits per heavy atom. The Morgan fingerprint density at radius 2 is 1.77 bits per heavy atom. The van der Waals surface area contributed by atoms with E-state index in [1.54, 1.807) is 11.1 Å². The second-order valence-electron chi connectivity index (χ2n) is 10.8. The van der Waals surface area contributed by atoms with Gasteiger partial charge in [0.05, 0.1) is 36.3 Å². The van der Waals surface area contributed by atoms with Crippen LogP contribution < -0.4 is 5.84 Å². The van der Waals surface area contributed by atoms with E-state index in [0.717, 1.165) is 70.9 Å². The summed E-state index contributed by atoms with van der Waals surface area (Å²) in [7, 11) is 1.44. The van der Waals surface area contributed by atoms with Gasteiger partial charge in [0.15, 0.2) is 0 Å². The number of quaternary nitrogens is 1. The fourth-order valence-electron chi connectivity index (χ4n) is 6.24. The van der Waals surface area contributed by atoms with Gasteiger partial charge in [-0.15, -0.1) is 4.59 Å². The molecule has 1 amide bonds. The molecule has 2 aromatic carbocycles. The molecular weight excluding hydrogens is 502 g/mol. The molecule has 7 rings (SSSR count). The van der Waals surface area contributed by atoms with Crippen LogP contribution >= 0.6 is 0 Å². The predicted molar refractivity (Wildman–Crippen MR) is 155 cm³/mol. The number of piperazine rings is 1. The van der Waals surface area contributed by atoms with E-state index < -0.39 is 0 Å². The van der Waals surface area contributed by atoms with E-state index >= 15 is 0 Å². The zero-order chi connectivity index (χ0) is 27.3. The van der Waals surface area contributed by atoms with Crippen molar-refractivity contribution in [3.8, 4) is 11.3 Å². The van der Waals surface area contributed by atoms with Crippen LogP contribution in [0.5, 0.6) is 0 Å². The number of amidine groups is 1. The number of ether oxygens (including phenoxy) is 1. The number of benzene rings is 2. The van der Waals surface area contributed by atoms with Gasteiger partial charge in [0, 0.05) is 49.1 Å². The summed E-state index contributed by atoms with van der Waals surface area (Å²) in [6.45, 7) is 3.13. The third-order valence-corrected chi connectivity index (χ3v) is 8.61. The van der Waals surface area contributed by atoms with Crippen LogP contribution in [0.4, 0.5) is 4.79 Å². The summed E-state index contributed by atoms with van der Waals surface area (Å²) < 4.78 is 4.89. The molecule has 0 radical (unpaired) electrons. The number of amides is 1. The molecule has 1 atom stereocenters. The minimum Gasteiger partial charge on any atom is -0.453 e. The Morgan fingerprint density at radius 3 is 2.55 bits per heavy atom. The lowest BCUT2D eigenvalue weighted by molar-refractivity contribution is -0.750. The summed E-state index contributed by atoms with van der Waals surface area (Å²) in [6.07, 6.45) is 7.31. The molecule has 40 heavy (non-hydrogen) atoms. The Kier molecular flexibility index (Phi) is 6.07. The molecule has 9 nitrogen and oxygen atoms in total. The average Bonchev–Trinajstić information content (AvgIpc) is 3.28. The molecule has 3 aliphatic heterocycles. The first kappa shape index (κ1) is 24.8. The highest BCUT2D eigenvalue weighted by Crippen LogP contribution is 2.44. The Labute approximate surface area is 233 Å². The molecule has 1 aliphatic carbocycles. The van der Waals surface area contributed by atoms with Crippen LogP contribution in [0.1, 0.15) is 18.4 Å². The molecule has 3 aromatic rings. The highest BCUT2D eigenvalue weighted by atomic mass is 16.5. The normalized spacial score (nSPS) is 26.1. The van der Waals surface area contributed by atoms with Gasteiger partial charge in [-0.25, -0.2) is 9.78 Å². The number of hydrogen-bond donors (Lipinski definition) is 1. The number of nitrogens with two attached hydrogens (primary N) is 1. The summed E-state index contributed by atoms with van der Waals surface area (Å²) in [5.74, 6) is 8.14. The van der Waals surface area contributed by atoms with Gasteiger partial charge in [-0.3, -0.25) is 9.89 Å². The van der Waals surface area contributed by atoms with E-state index in [4.69, 9.17) is 20.6 Å². The van der Waals surface area contributed by atoms with Gasteiger partial charge in [-0.1, -0.05) is 42.5 Å². The molecule has 2 N–H and O–H groups in total. The lowest BCUT2D eigenvalue weighted by Crippen LogP contribution is -2.55.